The van der Waals surface area contributed by atoms with Crippen LogP contribution in [0.2, 0.25) is 0 Å². The van der Waals surface area contributed by atoms with E-state index in [2.05, 4.69) is 21.6 Å². The van der Waals surface area contributed by atoms with Gasteiger partial charge in [0, 0.05) is 58.2 Å². The summed E-state index contributed by atoms with van der Waals surface area (Å²) < 4.78 is 28.0. The van der Waals surface area contributed by atoms with Gasteiger partial charge in [0.2, 0.25) is 29.8 Å². The molecule has 3 aromatic carbocycles. The molecular formula is C37H44N4O8. The lowest BCUT2D eigenvalue weighted by molar-refractivity contribution is -0.133. The van der Waals surface area contributed by atoms with Gasteiger partial charge in [-0.05, 0) is 71.8 Å². The fraction of sp³-hybridized carbons (Fsp3) is 0.432. The average Bonchev–Trinajstić information content (AvgIpc) is 3.45. The van der Waals surface area contributed by atoms with Crippen molar-refractivity contribution in [2.24, 2.45) is 0 Å². The number of nitrogens with zero attached hydrogens (tertiary/aromatic N) is 2. The fourth-order valence-electron chi connectivity index (χ4n) is 6.93. The van der Waals surface area contributed by atoms with Crippen molar-refractivity contribution in [1.82, 2.24) is 15.1 Å². The van der Waals surface area contributed by atoms with Crippen molar-refractivity contribution in [3.05, 3.63) is 69.4 Å². The van der Waals surface area contributed by atoms with Crippen molar-refractivity contribution in [3.8, 4) is 39.9 Å². The van der Waals surface area contributed by atoms with E-state index in [4.69, 9.17) is 23.7 Å². The first kappa shape index (κ1) is 33.9. The molecular weight excluding hydrogens is 628 g/mol. The number of fused-ring (bicyclic) bond motifs is 4. The number of aryl methyl sites for hydroxylation is 1. The summed E-state index contributed by atoms with van der Waals surface area (Å²) in [4.78, 5) is 43.1. The molecule has 3 aromatic rings. The Morgan fingerprint density at radius 1 is 0.918 bits per heavy atom. The molecule has 12 heteroatoms. The van der Waals surface area contributed by atoms with Crippen LogP contribution in [0.5, 0.6) is 28.7 Å². The molecule has 49 heavy (non-hydrogen) atoms. The Hall–Kier alpha value is -4.97. The molecule has 2 heterocycles. The van der Waals surface area contributed by atoms with E-state index in [-0.39, 0.29) is 30.1 Å². The smallest absolute Gasteiger partial charge is 0.231 e. The summed E-state index contributed by atoms with van der Waals surface area (Å²) in [5.41, 5.74) is 4.60. The highest BCUT2D eigenvalue weighted by molar-refractivity contribution is 5.84. The van der Waals surface area contributed by atoms with Crippen molar-refractivity contribution in [2.75, 3.05) is 66.2 Å². The third kappa shape index (κ3) is 7.39. The number of rotatable bonds is 11. The van der Waals surface area contributed by atoms with Crippen molar-refractivity contribution in [1.29, 1.82) is 0 Å². The average molecular weight is 673 g/mol. The predicted molar refractivity (Wildman–Crippen MR) is 185 cm³/mol. The molecule has 6 rings (SSSR count). The molecule has 2 amide bonds. The number of benzene rings is 2. The van der Waals surface area contributed by atoms with E-state index in [9.17, 15) is 14.4 Å². The van der Waals surface area contributed by atoms with Crippen molar-refractivity contribution < 1.29 is 33.3 Å². The molecule has 2 aliphatic heterocycles. The highest BCUT2D eigenvalue weighted by Gasteiger charge is 2.29. The van der Waals surface area contributed by atoms with E-state index in [1.54, 1.807) is 33.5 Å². The normalized spacial score (nSPS) is 16.6. The maximum atomic E-state index is 13.6. The minimum Gasteiger partial charge on any atom is -0.493 e. The second-order valence-corrected chi connectivity index (χ2v) is 12.5. The molecule has 0 saturated carbocycles. The molecule has 0 spiro atoms. The van der Waals surface area contributed by atoms with Crippen LogP contribution in [0.15, 0.2) is 47.3 Å². The molecule has 0 aromatic heterocycles. The lowest BCUT2D eigenvalue weighted by Gasteiger charge is -2.34. The van der Waals surface area contributed by atoms with Gasteiger partial charge in [0.15, 0.2) is 23.0 Å². The van der Waals surface area contributed by atoms with Gasteiger partial charge in [0.1, 0.15) is 0 Å². The van der Waals surface area contributed by atoms with E-state index < -0.39 is 0 Å². The van der Waals surface area contributed by atoms with E-state index in [1.807, 2.05) is 29.2 Å². The van der Waals surface area contributed by atoms with Gasteiger partial charge in [-0.2, -0.15) is 0 Å². The van der Waals surface area contributed by atoms with E-state index in [1.165, 1.54) is 6.92 Å². The van der Waals surface area contributed by atoms with Gasteiger partial charge in [-0.3, -0.25) is 19.3 Å². The topological polar surface area (TPSA) is 128 Å². The molecule has 1 atom stereocenters. The number of amides is 2. The number of anilines is 1. The number of hydrogen-bond donors (Lipinski definition) is 2. The molecule has 2 N–H and O–H groups in total. The molecule has 260 valence electrons. The van der Waals surface area contributed by atoms with Gasteiger partial charge >= 0.3 is 0 Å². The van der Waals surface area contributed by atoms with Crippen LogP contribution >= 0.6 is 0 Å². The van der Waals surface area contributed by atoms with Crippen molar-refractivity contribution >= 4 is 17.5 Å². The maximum absolute atomic E-state index is 13.6. The first-order valence-electron chi connectivity index (χ1n) is 16.7. The third-order valence-electron chi connectivity index (χ3n) is 9.37. The van der Waals surface area contributed by atoms with Crippen LogP contribution < -0.4 is 39.7 Å². The van der Waals surface area contributed by atoms with Crippen LogP contribution in [0.1, 0.15) is 48.9 Å². The highest BCUT2D eigenvalue weighted by atomic mass is 16.7. The van der Waals surface area contributed by atoms with Crippen LogP contribution in [0.3, 0.4) is 0 Å². The largest absolute Gasteiger partial charge is 0.493 e. The molecule has 1 saturated heterocycles. The number of piperazine rings is 1. The molecule has 1 fully saturated rings. The fourth-order valence-corrected chi connectivity index (χ4v) is 6.93. The molecule has 1 unspecified atom stereocenters. The van der Waals surface area contributed by atoms with Crippen LogP contribution in [-0.2, 0) is 22.6 Å². The monoisotopic (exact) mass is 672 g/mol. The minimum absolute atomic E-state index is 0.114. The molecule has 1 aliphatic carbocycles. The van der Waals surface area contributed by atoms with Gasteiger partial charge in [-0.25, -0.2) is 0 Å². The maximum Gasteiger partial charge on any atom is 0.231 e. The quantitative estimate of drug-likeness (QED) is 0.287. The zero-order chi connectivity index (χ0) is 34.5. The Bertz CT molecular complexity index is 1770. The summed E-state index contributed by atoms with van der Waals surface area (Å²) in [6, 6.07) is 12.8. The first-order valence-corrected chi connectivity index (χ1v) is 16.7. The van der Waals surface area contributed by atoms with Crippen LogP contribution in [-0.4, -0.2) is 82.5 Å². The Morgan fingerprint density at radius 3 is 2.43 bits per heavy atom. The number of carbonyl (C=O) groups is 2. The summed E-state index contributed by atoms with van der Waals surface area (Å²) in [6.45, 7) is 5.95. The number of carbonyl (C=O) groups excluding carboxylic acids is 2. The van der Waals surface area contributed by atoms with Crippen molar-refractivity contribution in [2.45, 2.75) is 45.2 Å². The summed E-state index contributed by atoms with van der Waals surface area (Å²) in [5, 5.41) is 6.29. The van der Waals surface area contributed by atoms with E-state index in [0.717, 1.165) is 53.4 Å². The molecule has 12 nitrogen and oxygen atoms in total. The third-order valence-corrected chi connectivity index (χ3v) is 9.37. The van der Waals surface area contributed by atoms with Gasteiger partial charge in [-0.1, -0.05) is 12.1 Å². The highest BCUT2D eigenvalue weighted by Crippen LogP contribution is 2.50. The summed E-state index contributed by atoms with van der Waals surface area (Å²) >= 11 is 0. The Morgan fingerprint density at radius 2 is 1.69 bits per heavy atom. The van der Waals surface area contributed by atoms with E-state index in [0.29, 0.717) is 73.8 Å². The van der Waals surface area contributed by atoms with Crippen LogP contribution in [0.4, 0.5) is 5.69 Å². The molecule has 3 aliphatic rings. The Balaban J connectivity index is 1.11. The van der Waals surface area contributed by atoms with Crippen LogP contribution in [0.25, 0.3) is 11.1 Å². The second-order valence-electron chi connectivity index (χ2n) is 12.5. The predicted octanol–water partition coefficient (Wildman–Crippen LogP) is 4.13. The van der Waals surface area contributed by atoms with Gasteiger partial charge < -0.3 is 39.2 Å². The van der Waals surface area contributed by atoms with Gasteiger partial charge in [-0.15, -0.1) is 0 Å². The van der Waals surface area contributed by atoms with Gasteiger partial charge in [0.25, 0.3) is 0 Å². The number of ether oxygens (including phenoxy) is 5. The number of nitrogens with one attached hydrogen (secondary N) is 2. The Kier molecular flexibility index (Phi) is 10.4. The molecule has 0 bridgehead atoms. The second kappa shape index (κ2) is 15.1. The summed E-state index contributed by atoms with van der Waals surface area (Å²) in [6.07, 6.45) is 2.17. The Labute approximate surface area is 286 Å². The lowest BCUT2D eigenvalue weighted by atomic mass is 9.95. The molecule has 0 radical (unpaired) electrons. The standard InChI is InChI=1S/C37H44N4O8/c1-23(42)39-28-10-8-25-19-33(45-2)36(46-3)37(47-4)35(25)26-9-11-29(30(43)20-27(26)28)38-13-5-6-34(44)41-16-14-40(15-17-41)21-24-7-12-31-32(18-24)49-22-48-31/h7,9,11-12,18-20,28H,5-6,8,10,13-17,21-22H2,1-4H3,(H,38,43)(H,39,42). The SMILES string of the molecule is COc1cc2c(c(OC)c1OC)-c1ccc(NCCCC(=O)N3CCN(Cc4ccc5c(c4)OCO5)CC3)c(=O)cc1C(NC(C)=O)CC2. The lowest BCUT2D eigenvalue weighted by Crippen LogP contribution is -2.48. The summed E-state index contributed by atoms with van der Waals surface area (Å²) in [7, 11) is 4.71. The zero-order valence-electron chi connectivity index (χ0n) is 28.6. The minimum atomic E-state index is -0.385. The van der Waals surface area contributed by atoms with Gasteiger partial charge in [0.05, 0.1) is 33.1 Å². The summed E-state index contributed by atoms with van der Waals surface area (Å²) in [5.74, 6) is 2.99. The van der Waals surface area contributed by atoms with Crippen molar-refractivity contribution in [3.63, 3.8) is 0 Å². The number of hydrogen-bond acceptors (Lipinski definition) is 10. The van der Waals surface area contributed by atoms with E-state index >= 15 is 0 Å². The van der Waals surface area contributed by atoms with Crippen LogP contribution in [0, 0.1) is 0 Å². The zero-order valence-corrected chi connectivity index (χ0v) is 28.6. The first-order chi connectivity index (χ1) is 23.8. The number of methoxy groups -OCH3 is 3.